The van der Waals surface area contributed by atoms with Gasteiger partial charge >= 0.3 is 10.2 Å². The minimum absolute atomic E-state index is 0.232. The average molecular weight is 347 g/mol. The molecule has 0 radical (unpaired) electrons. The first-order valence-corrected chi connectivity index (χ1v) is 7.50. The number of carbonyl (C=O) groups is 1. The van der Waals surface area contributed by atoms with E-state index < -0.39 is 21.4 Å². The Kier molecular flexibility index (Phi) is 3.60. The highest BCUT2D eigenvalue weighted by molar-refractivity contribution is 9.10. The van der Waals surface area contributed by atoms with E-state index in [1.807, 2.05) is 6.07 Å². The third kappa shape index (κ3) is 2.77. The number of benzene rings is 1. The molecule has 1 aromatic rings. The summed E-state index contributed by atoms with van der Waals surface area (Å²) in [7, 11) is -4.74. The van der Waals surface area contributed by atoms with Crippen LogP contribution in [0.2, 0.25) is 0 Å². The largest absolute Gasteiger partial charge is 0.311 e. The zero-order valence-corrected chi connectivity index (χ0v) is 11.9. The van der Waals surface area contributed by atoms with Crippen molar-refractivity contribution in [1.82, 2.24) is 0 Å². The Morgan fingerprint density at radius 2 is 2.16 bits per heavy atom. The Morgan fingerprint density at radius 3 is 2.68 bits per heavy atom. The molecule has 2 rings (SSSR count). The fourth-order valence-corrected chi connectivity index (χ4v) is 2.88. The first kappa shape index (κ1) is 14.0. The van der Waals surface area contributed by atoms with E-state index in [1.165, 1.54) is 11.0 Å². The topological polar surface area (TPSA) is 78.2 Å². The number of hydrogen-bond donors (Lipinski definition) is 0. The van der Waals surface area contributed by atoms with Gasteiger partial charge < -0.3 is 4.90 Å². The van der Waals surface area contributed by atoms with Crippen molar-refractivity contribution in [1.29, 1.82) is 5.26 Å². The molecule has 1 aliphatic rings. The molecule has 0 N–H and O–H groups in total. The molecular formula is C11H8BrFN2O3S. The average Bonchev–Trinajstić information content (AvgIpc) is 2.72. The van der Waals surface area contributed by atoms with E-state index >= 15 is 0 Å². The van der Waals surface area contributed by atoms with Crippen LogP contribution in [-0.2, 0) is 15.0 Å². The molecule has 1 heterocycles. The number of carbonyl (C=O) groups excluding carboxylic acids is 1. The first-order valence-electron chi connectivity index (χ1n) is 5.26. The van der Waals surface area contributed by atoms with E-state index in [0.29, 0.717) is 15.7 Å². The molecule has 19 heavy (non-hydrogen) atoms. The second-order valence-corrected chi connectivity index (χ2v) is 6.55. The molecule has 1 amide bonds. The number of anilines is 1. The third-order valence-corrected chi connectivity index (χ3v) is 4.67. The van der Waals surface area contributed by atoms with Crippen molar-refractivity contribution in [2.75, 3.05) is 11.4 Å². The van der Waals surface area contributed by atoms with Crippen LogP contribution >= 0.6 is 15.9 Å². The molecule has 1 fully saturated rings. The summed E-state index contributed by atoms with van der Waals surface area (Å²) >= 11 is 3.18. The first-order chi connectivity index (χ1) is 8.82. The molecule has 0 saturated carbocycles. The van der Waals surface area contributed by atoms with Crippen molar-refractivity contribution < 1.29 is 17.1 Å². The Labute approximate surface area is 118 Å². The number of amides is 1. The molecule has 1 unspecified atom stereocenters. The second kappa shape index (κ2) is 4.90. The standard InChI is InChI=1S/C11H8BrFN2O3S/c12-10-2-1-8(3-7(10)5-14)15-6-9(4-11(15)16)19(13,17)18/h1-3,9H,4,6H2. The van der Waals surface area contributed by atoms with Gasteiger partial charge in [0.15, 0.2) is 0 Å². The van der Waals surface area contributed by atoms with Crippen molar-refractivity contribution >= 4 is 37.7 Å². The fourth-order valence-electron chi connectivity index (χ4n) is 1.88. The van der Waals surface area contributed by atoms with Crippen molar-refractivity contribution in [2.45, 2.75) is 11.7 Å². The summed E-state index contributed by atoms with van der Waals surface area (Å²) in [6.07, 6.45) is -0.378. The summed E-state index contributed by atoms with van der Waals surface area (Å²) in [4.78, 5) is 12.9. The number of halogens is 2. The maximum absolute atomic E-state index is 12.9. The lowest BCUT2D eigenvalue weighted by Gasteiger charge is -2.16. The van der Waals surface area contributed by atoms with Gasteiger partial charge in [-0.3, -0.25) is 4.79 Å². The van der Waals surface area contributed by atoms with Crippen LogP contribution in [0.5, 0.6) is 0 Å². The highest BCUT2D eigenvalue weighted by Gasteiger charge is 2.39. The van der Waals surface area contributed by atoms with Crippen LogP contribution in [0.3, 0.4) is 0 Å². The van der Waals surface area contributed by atoms with Crippen LogP contribution in [0.4, 0.5) is 9.57 Å². The Morgan fingerprint density at radius 1 is 1.47 bits per heavy atom. The van der Waals surface area contributed by atoms with Crippen molar-refractivity contribution in [3.8, 4) is 6.07 Å². The summed E-state index contributed by atoms with van der Waals surface area (Å²) in [6.45, 7) is -0.232. The van der Waals surface area contributed by atoms with Crippen molar-refractivity contribution in [3.05, 3.63) is 28.2 Å². The number of nitrogens with zero attached hydrogens (tertiary/aromatic N) is 2. The maximum atomic E-state index is 12.9. The number of rotatable bonds is 2. The molecular weight excluding hydrogens is 339 g/mol. The Hall–Kier alpha value is -1.46. The van der Waals surface area contributed by atoms with Crippen LogP contribution in [0.15, 0.2) is 22.7 Å². The van der Waals surface area contributed by atoms with Gasteiger partial charge in [0.2, 0.25) is 5.91 Å². The minimum atomic E-state index is -4.74. The van der Waals surface area contributed by atoms with Gasteiger partial charge in [0, 0.05) is 23.1 Å². The summed E-state index contributed by atoms with van der Waals surface area (Å²) in [5, 5.41) is 7.55. The smallest absolute Gasteiger partial charge is 0.307 e. The third-order valence-electron chi connectivity index (χ3n) is 2.87. The summed E-state index contributed by atoms with van der Waals surface area (Å²) in [6, 6.07) is 6.54. The highest BCUT2D eigenvalue weighted by atomic mass is 79.9. The van der Waals surface area contributed by atoms with Crippen LogP contribution in [0.1, 0.15) is 12.0 Å². The molecule has 100 valence electrons. The van der Waals surface area contributed by atoms with Crippen LogP contribution in [0.25, 0.3) is 0 Å². The molecule has 0 aromatic heterocycles. The van der Waals surface area contributed by atoms with Crippen LogP contribution in [-0.4, -0.2) is 26.1 Å². The van der Waals surface area contributed by atoms with Crippen LogP contribution < -0.4 is 4.90 Å². The molecule has 1 aromatic carbocycles. The molecule has 5 nitrogen and oxygen atoms in total. The fraction of sp³-hybridized carbons (Fsp3) is 0.273. The summed E-state index contributed by atoms with van der Waals surface area (Å²) in [5.74, 6) is -0.475. The van der Waals surface area contributed by atoms with Gasteiger partial charge in [0.05, 0.1) is 5.56 Å². The monoisotopic (exact) mass is 346 g/mol. The van der Waals surface area contributed by atoms with Gasteiger partial charge in [-0.1, -0.05) is 0 Å². The van der Waals surface area contributed by atoms with Crippen molar-refractivity contribution in [3.63, 3.8) is 0 Å². The lowest BCUT2D eigenvalue weighted by Crippen LogP contribution is -2.26. The number of nitriles is 1. The molecule has 0 bridgehead atoms. The molecule has 0 aliphatic carbocycles. The summed E-state index contributed by atoms with van der Waals surface area (Å²) in [5.41, 5.74) is 0.702. The zero-order chi connectivity index (χ0) is 14.2. The second-order valence-electron chi connectivity index (χ2n) is 4.08. The van der Waals surface area contributed by atoms with E-state index in [2.05, 4.69) is 15.9 Å². The molecule has 1 aliphatic heterocycles. The Bertz CT molecular complexity index is 684. The minimum Gasteiger partial charge on any atom is -0.311 e. The van der Waals surface area contributed by atoms with Gasteiger partial charge in [-0.25, -0.2) is 0 Å². The quantitative estimate of drug-likeness (QED) is 0.764. The molecule has 1 saturated heterocycles. The lowest BCUT2D eigenvalue weighted by molar-refractivity contribution is -0.117. The van der Waals surface area contributed by atoms with Gasteiger partial charge in [-0.2, -0.15) is 13.7 Å². The molecule has 8 heteroatoms. The Balaban J connectivity index is 2.34. The summed E-state index contributed by atoms with van der Waals surface area (Å²) < 4.78 is 35.1. The lowest BCUT2D eigenvalue weighted by atomic mass is 10.2. The van der Waals surface area contributed by atoms with Crippen molar-refractivity contribution in [2.24, 2.45) is 0 Å². The predicted molar refractivity (Wildman–Crippen MR) is 69.6 cm³/mol. The maximum Gasteiger partial charge on any atom is 0.307 e. The SMILES string of the molecule is N#Cc1cc(N2CC(S(=O)(=O)F)CC2=O)ccc1Br. The zero-order valence-electron chi connectivity index (χ0n) is 9.51. The molecule has 1 atom stereocenters. The predicted octanol–water partition coefficient (Wildman–Crippen LogP) is 1.73. The highest BCUT2D eigenvalue weighted by Crippen LogP contribution is 2.28. The number of hydrogen-bond acceptors (Lipinski definition) is 4. The van der Waals surface area contributed by atoms with Gasteiger partial charge in [-0.05, 0) is 34.1 Å². The van der Waals surface area contributed by atoms with Crippen LogP contribution in [0, 0.1) is 11.3 Å². The van der Waals surface area contributed by atoms with Gasteiger partial charge in [-0.15, -0.1) is 3.89 Å². The van der Waals surface area contributed by atoms with Gasteiger partial charge in [0.25, 0.3) is 0 Å². The molecule has 0 spiro atoms. The normalized spacial score (nSPS) is 19.5. The van der Waals surface area contributed by atoms with E-state index in [-0.39, 0.29) is 13.0 Å². The van der Waals surface area contributed by atoms with E-state index in [1.54, 1.807) is 12.1 Å². The van der Waals surface area contributed by atoms with E-state index in [0.717, 1.165) is 0 Å². The van der Waals surface area contributed by atoms with E-state index in [9.17, 15) is 17.1 Å². The van der Waals surface area contributed by atoms with Gasteiger partial charge in [0.1, 0.15) is 11.3 Å². The van der Waals surface area contributed by atoms with E-state index in [4.69, 9.17) is 5.26 Å².